The quantitative estimate of drug-likeness (QED) is 0.711. The third-order valence-corrected chi connectivity index (χ3v) is 3.55. The summed E-state index contributed by atoms with van der Waals surface area (Å²) in [6, 6.07) is 0. The molecule has 0 spiro atoms. The van der Waals surface area contributed by atoms with E-state index in [9.17, 15) is 0 Å². The fraction of sp³-hybridized carbons (Fsp3) is 0.769. The fourth-order valence-electron chi connectivity index (χ4n) is 2.27. The van der Waals surface area contributed by atoms with Gasteiger partial charge in [0, 0.05) is 52.5 Å². The molecule has 1 fully saturated rings. The molecule has 0 radical (unpaired) electrons. The van der Waals surface area contributed by atoms with Crippen molar-refractivity contribution < 1.29 is 0 Å². The van der Waals surface area contributed by atoms with Crippen LogP contribution in [-0.2, 0) is 13.5 Å². The molecular weight excluding hydrogens is 226 g/mol. The minimum absolute atomic E-state index is 1.04. The zero-order chi connectivity index (χ0) is 12.8. The Balaban J connectivity index is 1.51. The van der Waals surface area contributed by atoms with Crippen LogP contribution in [0.25, 0.3) is 0 Å². The molecule has 0 amide bonds. The monoisotopic (exact) mass is 251 g/mol. The molecule has 2 heterocycles. The van der Waals surface area contributed by atoms with Gasteiger partial charge in [0.25, 0.3) is 0 Å². The van der Waals surface area contributed by atoms with Crippen LogP contribution in [0, 0.1) is 0 Å². The number of hydrogen-bond acceptors (Lipinski definition) is 4. The molecule has 1 saturated heterocycles. The second-order valence-corrected chi connectivity index (χ2v) is 5.17. The van der Waals surface area contributed by atoms with Crippen molar-refractivity contribution in [3.05, 3.63) is 18.0 Å². The number of hydrogen-bond donors (Lipinski definition) is 1. The number of piperazine rings is 1. The SMILES string of the molecule is CN1CCN(CCNCCc2cnn(C)c2)CC1. The molecule has 1 aromatic rings. The number of aromatic nitrogens is 2. The first-order chi connectivity index (χ1) is 8.74. The standard InChI is InChI=1S/C13H25N5/c1-16-7-9-18(10-8-16)6-5-14-4-3-13-11-15-17(2)12-13/h11-12,14H,3-10H2,1-2H3. The maximum absolute atomic E-state index is 4.17. The topological polar surface area (TPSA) is 36.3 Å². The second-order valence-electron chi connectivity index (χ2n) is 5.17. The van der Waals surface area contributed by atoms with E-state index in [0.717, 1.165) is 19.5 Å². The van der Waals surface area contributed by atoms with Gasteiger partial charge in [-0.1, -0.05) is 0 Å². The summed E-state index contributed by atoms with van der Waals surface area (Å²) in [4.78, 5) is 4.93. The largest absolute Gasteiger partial charge is 0.315 e. The number of likely N-dealkylation sites (N-methyl/N-ethyl adjacent to an activating group) is 1. The average Bonchev–Trinajstić information content (AvgIpc) is 2.77. The molecule has 2 rings (SSSR count). The molecule has 1 aliphatic rings. The van der Waals surface area contributed by atoms with Crippen molar-refractivity contribution in [3.8, 4) is 0 Å². The van der Waals surface area contributed by atoms with Gasteiger partial charge in [-0.25, -0.2) is 0 Å². The van der Waals surface area contributed by atoms with Gasteiger partial charge in [0.15, 0.2) is 0 Å². The first-order valence-corrected chi connectivity index (χ1v) is 6.83. The van der Waals surface area contributed by atoms with Crippen LogP contribution in [0.2, 0.25) is 0 Å². The number of nitrogens with one attached hydrogen (secondary N) is 1. The normalized spacial score (nSPS) is 18.3. The minimum atomic E-state index is 1.04. The Morgan fingerprint density at radius 1 is 1.17 bits per heavy atom. The molecule has 0 saturated carbocycles. The molecule has 0 unspecified atom stereocenters. The Hall–Kier alpha value is -0.910. The van der Waals surface area contributed by atoms with E-state index in [-0.39, 0.29) is 0 Å². The summed E-state index contributed by atoms with van der Waals surface area (Å²) >= 11 is 0. The van der Waals surface area contributed by atoms with Crippen molar-refractivity contribution in [1.29, 1.82) is 0 Å². The highest BCUT2D eigenvalue weighted by molar-refractivity contribution is 5.03. The third-order valence-electron chi connectivity index (χ3n) is 3.55. The number of aryl methyl sites for hydroxylation is 1. The van der Waals surface area contributed by atoms with Crippen molar-refractivity contribution in [3.63, 3.8) is 0 Å². The van der Waals surface area contributed by atoms with Crippen molar-refractivity contribution in [2.45, 2.75) is 6.42 Å². The van der Waals surface area contributed by atoms with E-state index in [4.69, 9.17) is 0 Å². The lowest BCUT2D eigenvalue weighted by Gasteiger charge is -2.32. The summed E-state index contributed by atoms with van der Waals surface area (Å²) < 4.78 is 1.86. The van der Waals surface area contributed by atoms with E-state index in [1.165, 1.54) is 38.3 Å². The van der Waals surface area contributed by atoms with E-state index < -0.39 is 0 Å². The predicted octanol–water partition coefficient (Wildman–Crippen LogP) is -0.200. The molecule has 18 heavy (non-hydrogen) atoms. The highest BCUT2D eigenvalue weighted by Crippen LogP contribution is 1.98. The molecule has 0 aromatic carbocycles. The van der Waals surface area contributed by atoms with Crippen LogP contribution in [-0.4, -0.2) is 72.4 Å². The van der Waals surface area contributed by atoms with Gasteiger partial charge in [-0.05, 0) is 25.6 Å². The zero-order valence-corrected chi connectivity index (χ0v) is 11.6. The molecule has 5 heteroatoms. The maximum Gasteiger partial charge on any atom is 0.0522 e. The molecule has 0 bridgehead atoms. The molecule has 1 aliphatic heterocycles. The highest BCUT2D eigenvalue weighted by atomic mass is 15.3. The summed E-state index contributed by atoms with van der Waals surface area (Å²) in [5.74, 6) is 0. The summed E-state index contributed by atoms with van der Waals surface area (Å²) in [5.41, 5.74) is 1.31. The Bertz CT molecular complexity index is 341. The van der Waals surface area contributed by atoms with Crippen molar-refractivity contribution in [1.82, 2.24) is 24.9 Å². The van der Waals surface area contributed by atoms with Crippen LogP contribution in [0.3, 0.4) is 0 Å². The smallest absolute Gasteiger partial charge is 0.0522 e. The van der Waals surface area contributed by atoms with Crippen LogP contribution in [0.15, 0.2) is 12.4 Å². The van der Waals surface area contributed by atoms with Crippen LogP contribution >= 0.6 is 0 Å². The minimum Gasteiger partial charge on any atom is -0.315 e. The molecule has 0 aliphatic carbocycles. The van der Waals surface area contributed by atoms with E-state index in [1.54, 1.807) is 0 Å². The summed E-state index contributed by atoms with van der Waals surface area (Å²) in [6.07, 6.45) is 5.10. The van der Waals surface area contributed by atoms with Crippen molar-refractivity contribution >= 4 is 0 Å². The van der Waals surface area contributed by atoms with Crippen LogP contribution < -0.4 is 5.32 Å². The zero-order valence-electron chi connectivity index (χ0n) is 11.6. The fourth-order valence-corrected chi connectivity index (χ4v) is 2.27. The van der Waals surface area contributed by atoms with Crippen LogP contribution in [0.1, 0.15) is 5.56 Å². The molecule has 1 N–H and O–H groups in total. The second kappa shape index (κ2) is 6.87. The Morgan fingerprint density at radius 2 is 1.94 bits per heavy atom. The first kappa shape index (κ1) is 13.5. The Kier molecular flexibility index (Phi) is 5.16. The molecule has 0 atom stereocenters. The van der Waals surface area contributed by atoms with E-state index in [1.807, 2.05) is 17.9 Å². The molecular formula is C13H25N5. The van der Waals surface area contributed by atoms with Crippen molar-refractivity contribution in [2.24, 2.45) is 7.05 Å². The summed E-state index contributed by atoms with van der Waals surface area (Å²) in [6.45, 7) is 8.12. The maximum atomic E-state index is 4.17. The summed E-state index contributed by atoms with van der Waals surface area (Å²) in [7, 11) is 4.16. The molecule has 1 aromatic heterocycles. The number of nitrogens with zero attached hydrogens (tertiary/aromatic N) is 4. The Morgan fingerprint density at radius 3 is 2.61 bits per heavy atom. The van der Waals surface area contributed by atoms with Gasteiger partial charge < -0.3 is 10.2 Å². The first-order valence-electron chi connectivity index (χ1n) is 6.83. The van der Waals surface area contributed by atoms with Gasteiger partial charge in [-0.3, -0.25) is 9.58 Å². The van der Waals surface area contributed by atoms with Crippen molar-refractivity contribution in [2.75, 3.05) is 52.9 Å². The van der Waals surface area contributed by atoms with Crippen LogP contribution in [0.5, 0.6) is 0 Å². The highest BCUT2D eigenvalue weighted by Gasteiger charge is 2.12. The molecule has 5 nitrogen and oxygen atoms in total. The predicted molar refractivity (Wildman–Crippen MR) is 73.7 cm³/mol. The van der Waals surface area contributed by atoms with E-state index in [2.05, 4.69) is 33.5 Å². The average molecular weight is 251 g/mol. The Labute approximate surface area is 110 Å². The lowest BCUT2D eigenvalue weighted by Crippen LogP contribution is -2.46. The van der Waals surface area contributed by atoms with Gasteiger partial charge >= 0.3 is 0 Å². The van der Waals surface area contributed by atoms with Gasteiger partial charge in [0.2, 0.25) is 0 Å². The van der Waals surface area contributed by atoms with Gasteiger partial charge in [0.1, 0.15) is 0 Å². The lowest BCUT2D eigenvalue weighted by molar-refractivity contribution is 0.155. The summed E-state index contributed by atoms with van der Waals surface area (Å²) in [5, 5.41) is 7.68. The molecule has 102 valence electrons. The van der Waals surface area contributed by atoms with Crippen LogP contribution in [0.4, 0.5) is 0 Å². The van der Waals surface area contributed by atoms with Gasteiger partial charge in [-0.15, -0.1) is 0 Å². The van der Waals surface area contributed by atoms with Gasteiger partial charge in [-0.2, -0.15) is 5.10 Å². The van der Waals surface area contributed by atoms with E-state index in [0.29, 0.717) is 0 Å². The van der Waals surface area contributed by atoms with E-state index >= 15 is 0 Å². The third kappa shape index (κ3) is 4.40. The number of rotatable bonds is 6. The lowest BCUT2D eigenvalue weighted by atomic mass is 10.2. The van der Waals surface area contributed by atoms with Gasteiger partial charge in [0.05, 0.1) is 6.20 Å².